The normalized spacial score (nSPS) is 14.7. The molecule has 0 radical (unpaired) electrons. The number of nitrogens with two attached hydrogens (primary N) is 1. The third kappa shape index (κ3) is 4.69. The lowest BCUT2D eigenvalue weighted by Crippen LogP contribution is -2.41. The molecule has 1 aromatic carbocycles. The van der Waals surface area contributed by atoms with Crippen LogP contribution in [0.5, 0.6) is 5.88 Å². The van der Waals surface area contributed by atoms with E-state index in [-0.39, 0.29) is 17.8 Å². The highest BCUT2D eigenvalue weighted by Gasteiger charge is 2.41. The van der Waals surface area contributed by atoms with Gasteiger partial charge in [-0.05, 0) is 31.0 Å². The van der Waals surface area contributed by atoms with E-state index in [1.165, 1.54) is 11.3 Å². The Kier molecular flexibility index (Phi) is 5.63. The highest BCUT2D eigenvalue weighted by molar-refractivity contribution is 7.23. The number of rotatable bonds is 6. The van der Waals surface area contributed by atoms with Gasteiger partial charge in [0.25, 0.3) is 0 Å². The van der Waals surface area contributed by atoms with E-state index in [4.69, 9.17) is 20.1 Å². The molecule has 12 heteroatoms. The van der Waals surface area contributed by atoms with Crippen molar-refractivity contribution in [3.05, 3.63) is 54.4 Å². The molecule has 0 bridgehead atoms. The zero-order chi connectivity index (χ0) is 26.7. The number of carbonyl (C=O) groups excluding carboxylic acids is 1. The number of pyridine rings is 1. The Bertz CT molecular complexity index is 1640. The van der Waals surface area contributed by atoms with E-state index in [9.17, 15) is 9.90 Å². The van der Waals surface area contributed by atoms with E-state index in [0.717, 1.165) is 44.4 Å². The first-order valence-corrected chi connectivity index (χ1v) is 13.0. The van der Waals surface area contributed by atoms with Gasteiger partial charge in [-0.15, -0.1) is 0 Å². The second kappa shape index (κ2) is 8.79. The fourth-order valence-corrected chi connectivity index (χ4v) is 4.80. The monoisotopic (exact) mass is 533 g/mol. The number of imidazole rings is 1. The predicted octanol–water partition coefficient (Wildman–Crippen LogP) is 4.71. The maximum atomic E-state index is 12.6. The van der Waals surface area contributed by atoms with Crippen LogP contribution < -0.4 is 20.9 Å². The average molecular weight is 534 g/mol. The Morgan fingerprint density at radius 3 is 2.68 bits per heavy atom. The van der Waals surface area contributed by atoms with Crippen molar-refractivity contribution in [2.24, 2.45) is 5.84 Å². The molecule has 1 aliphatic carbocycles. The van der Waals surface area contributed by atoms with E-state index >= 15 is 0 Å². The fraction of sp³-hybridized carbons (Fsp3) is 0.308. The lowest BCUT2D eigenvalue weighted by Gasteiger charge is -2.14. The topological polar surface area (TPSA) is 144 Å². The molecule has 4 heterocycles. The number of aromatic nitrogens is 4. The summed E-state index contributed by atoms with van der Waals surface area (Å²) >= 11 is 1.46. The zero-order valence-corrected chi connectivity index (χ0v) is 22.0. The van der Waals surface area contributed by atoms with Crippen LogP contribution in [0.15, 0.2) is 53.2 Å². The van der Waals surface area contributed by atoms with Gasteiger partial charge in [0.05, 0.1) is 16.8 Å². The summed E-state index contributed by atoms with van der Waals surface area (Å²) in [5, 5.41) is 17.6. The van der Waals surface area contributed by atoms with Gasteiger partial charge < -0.3 is 19.7 Å². The minimum atomic E-state index is -0.690. The number of anilines is 2. The van der Waals surface area contributed by atoms with Gasteiger partial charge in [0.15, 0.2) is 10.8 Å². The summed E-state index contributed by atoms with van der Waals surface area (Å²) in [5.74, 6) is 7.30. The Labute approximate surface area is 221 Å². The number of benzene rings is 1. The second-order valence-corrected chi connectivity index (χ2v) is 11.5. The Hall–Kier alpha value is -4.00. The Balaban J connectivity index is 1.14. The summed E-state index contributed by atoms with van der Waals surface area (Å²) < 4.78 is 13.0. The molecule has 2 amide bonds. The molecular formula is C26H27N7O4S. The van der Waals surface area contributed by atoms with Crippen LogP contribution in [-0.4, -0.2) is 42.9 Å². The summed E-state index contributed by atoms with van der Waals surface area (Å²) in [5.41, 5.74) is 2.26. The molecule has 5 aromatic rings. The average Bonchev–Trinajstić information content (AvgIpc) is 3.24. The molecule has 0 aliphatic heterocycles. The second-order valence-electron chi connectivity index (χ2n) is 10.5. The highest BCUT2D eigenvalue weighted by atomic mass is 32.1. The van der Waals surface area contributed by atoms with Gasteiger partial charge in [-0.3, -0.25) is 4.40 Å². The van der Waals surface area contributed by atoms with Crippen molar-refractivity contribution >= 4 is 44.2 Å². The molecule has 6 rings (SSSR count). The molecular weight excluding hydrogens is 506 g/mol. The molecule has 11 nitrogen and oxygen atoms in total. The number of fused-ring (bicyclic) bond motifs is 3. The van der Waals surface area contributed by atoms with Gasteiger partial charge in [0, 0.05) is 35.0 Å². The standard InChI is InChI=1S/C26H27N7O4S/c1-25(2,3)19-12-20(31-37-19)33(27)23(34)28-16-6-4-15(5-7-16)17-13-32-18-8-9-21(36-14-26(35)10-11-26)30-22(18)38-24(32)29-17/h4-9,12-13,35H,10-11,14,27H2,1-3H3,(H,28,34). The first kappa shape index (κ1) is 24.3. The SMILES string of the molecule is CC(C)(C)c1cc(N(N)C(=O)Nc2ccc(-c3cn4c(n3)sc3nc(OCC5(O)CC5)ccc34)cc2)no1. The van der Waals surface area contributed by atoms with E-state index in [1.807, 2.05) is 49.6 Å². The smallest absolute Gasteiger partial charge is 0.342 e. The summed E-state index contributed by atoms with van der Waals surface area (Å²) in [6.45, 7) is 6.21. The van der Waals surface area contributed by atoms with Crippen molar-refractivity contribution < 1.29 is 19.2 Å². The summed E-state index contributed by atoms with van der Waals surface area (Å²) in [4.78, 5) is 23.6. The predicted molar refractivity (Wildman–Crippen MR) is 144 cm³/mol. The molecule has 1 aliphatic rings. The van der Waals surface area contributed by atoms with Crippen LogP contribution in [0.1, 0.15) is 39.4 Å². The molecule has 1 fully saturated rings. The number of ether oxygens (including phenoxy) is 1. The van der Waals surface area contributed by atoms with Crippen molar-refractivity contribution in [1.82, 2.24) is 19.5 Å². The third-order valence-corrected chi connectivity index (χ3v) is 7.35. The number of thiazole rings is 1. The van der Waals surface area contributed by atoms with Crippen molar-refractivity contribution in [1.29, 1.82) is 0 Å². The fourth-order valence-electron chi connectivity index (χ4n) is 3.83. The first-order valence-electron chi connectivity index (χ1n) is 12.2. The Morgan fingerprint density at radius 1 is 1.24 bits per heavy atom. The van der Waals surface area contributed by atoms with Crippen molar-refractivity contribution in [3.63, 3.8) is 0 Å². The minimum Gasteiger partial charge on any atom is -0.475 e. The number of carbonyl (C=O) groups is 1. The molecule has 4 aromatic heterocycles. The molecule has 0 saturated heterocycles. The molecule has 196 valence electrons. The molecule has 0 unspecified atom stereocenters. The summed E-state index contributed by atoms with van der Waals surface area (Å²) in [6.07, 6.45) is 3.49. The van der Waals surface area contributed by atoms with E-state index in [0.29, 0.717) is 17.3 Å². The van der Waals surface area contributed by atoms with Crippen molar-refractivity contribution in [3.8, 4) is 17.1 Å². The van der Waals surface area contributed by atoms with Gasteiger partial charge in [0.1, 0.15) is 17.2 Å². The molecule has 0 atom stereocenters. The lowest BCUT2D eigenvalue weighted by molar-refractivity contribution is 0.0835. The van der Waals surface area contributed by atoms with E-state index in [1.54, 1.807) is 24.3 Å². The maximum absolute atomic E-state index is 12.6. The van der Waals surface area contributed by atoms with Crippen LogP contribution in [0.4, 0.5) is 16.3 Å². The minimum absolute atomic E-state index is 0.225. The van der Waals surface area contributed by atoms with Gasteiger partial charge in [0.2, 0.25) is 5.88 Å². The molecule has 4 N–H and O–H groups in total. The van der Waals surface area contributed by atoms with Gasteiger partial charge in [-0.2, -0.15) is 0 Å². The van der Waals surface area contributed by atoms with Gasteiger partial charge in [-0.25, -0.2) is 25.6 Å². The van der Waals surface area contributed by atoms with Crippen LogP contribution in [0.25, 0.3) is 26.6 Å². The number of hydrogen-bond donors (Lipinski definition) is 3. The van der Waals surface area contributed by atoms with Crippen LogP contribution in [0.3, 0.4) is 0 Å². The first-order chi connectivity index (χ1) is 18.1. The van der Waals surface area contributed by atoms with E-state index < -0.39 is 11.6 Å². The number of nitrogens with one attached hydrogen (secondary N) is 1. The quantitative estimate of drug-likeness (QED) is 0.162. The number of hydrogen-bond acceptors (Lipinski definition) is 9. The van der Waals surface area contributed by atoms with E-state index in [2.05, 4.69) is 15.5 Å². The number of hydrazine groups is 1. The molecule has 38 heavy (non-hydrogen) atoms. The molecule has 1 saturated carbocycles. The van der Waals surface area contributed by atoms with Crippen LogP contribution >= 0.6 is 11.3 Å². The number of urea groups is 1. The number of nitrogens with zero attached hydrogens (tertiary/aromatic N) is 5. The van der Waals surface area contributed by atoms with Crippen molar-refractivity contribution in [2.45, 2.75) is 44.6 Å². The van der Waals surface area contributed by atoms with Gasteiger partial charge >= 0.3 is 6.03 Å². The van der Waals surface area contributed by atoms with Gasteiger partial charge in [-0.1, -0.05) is 49.4 Å². The largest absolute Gasteiger partial charge is 0.475 e. The summed E-state index contributed by atoms with van der Waals surface area (Å²) in [6, 6.07) is 12.2. The lowest BCUT2D eigenvalue weighted by atomic mass is 9.93. The molecule has 0 spiro atoms. The Morgan fingerprint density at radius 2 is 2.00 bits per heavy atom. The summed E-state index contributed by atoms with van der Waals surface area (Å²) in [7, 11) is 0. The third-order valence-electron chi connectivity index (χ3n) is 6.39. The number of amides is 2. The van der Waals surface area contributed by atoms with Crippen LogP contribution in [0, 0.1) is 0 Å². The maximum Gasteiger partial charge on any atom is 0.342 e. The zero-order valence-electron chi connectivity index (χ0n) is 21.1. The van der Waals surface area contributed by atoms with Crippen LogP contribution in [0.2, 0.25) is 0 Å². The van der Waals surface area contributed by atoms with Crippen LogP contribution in [-0.2, 0) is 5.41 Å². The van der Waals surface area contributed by atoms with Crippen molar-refractivity contribution in [2.75, 3.05) is 16.9 Å². The highest BCUT2D eigenvalue weighted by Crippen LogP contribution is 2.36. The number of aliphatic hydroxyl groups is 1.